The average molecular weight is 233 g/mol. The van der Waals surface area contributed by atoms with Gasteiger partial charge in [0.05, 0.1) is 0 Å². The Bertz CT molecular complexity index is 365. The maximum Gasteiger partial charge on any atom is 0.235 e. The Morgan fingerprint density at radius 2 is 1.82 bits per heavy atom. The normalized spacial score (nSPS) is 16.1. The summed E-state index contributed by atoms with van der Waals surface area (Å²) in [5.74, 6) is 4.98. The fraction of sp³-hybridized carbons (Fsp3) is 0.462. The van der Waals surface area contributed by atoms with Crippen LogP contribution in [0, 0.1) is 0 Å². The average Bonchev–Trinajstić information content (AvgIpc) is 2.58. The minimum absolute atomic E-state index is 0.0910. The first-order valence-electron chi connectivity index (χ1n) is 6.08. The van der Waals surface area contributed by atoms with Crippen molar-refractivity contribution in [3.63, 3.8) is 0 Å². The second-order valence-electron chi connectivity index (χ2n) is 4.43. The van der Waals surface area contributed by atoms with Crippen molar-refractivity contribution < 1.29 is 4.79 Å². The zero-order valence-electron chi connectivity index (χ0n) is 9.98. The van der Waals surface area contributed by atoms with Crippen molar-refractivity contribution in [2.24, 2.45) is 5.84 Å². The number of hydrogen-bond acceptors (Lipinski definition) is 3. The molecule has 0 fully saturated rings. The molecule has 0 saturated heterocycles. The Hall–Kier alpha value is -1.39. The van der Waals surface area contributed by atoms with Crippen molar-refractivity contribution in [2.75, 3.05) is 19.6 Å². The first kappa shape index (κ1) is 12.1. The topological polar surface area (TPSA) is 58.4 Å². The molecule has 0 unspecified atom stereocenters. The van der Waals surface area contributed by atoms with Crippen molar-refractivity contribution in [2.45, 2.75) is 19.3 Å². The van der Waals surface area contributed by atoms with E-state index in [9.17, 15) is 4.79 Å². The van der Waals surface area contributed by atoms with Crippen molar-refractivity contribution in [3.05, 3.63) is 35.4 Å². The molecule has 3 N–H and O–H groups in total. The van der Waals surface area contributed by atoms with Gasteiger partial charge in [0.2, 0.25) is 5.91 Å². The predicted molar refractivity (Wildman–Crippen MR) is 67.2 cm³/mol. The molecule has 0 aliphatic carbocycles. The van der Waals surface area contributed by atoms with E-state index in [1.807, 2.05) is 0 Å². The maximum atomic E-state index is 11.1. The van der Waals surface area contributed by atoms with Crippen LogP contribution in [0.1, 0.15) is 17.5 Å². The quantitative estimate of drug-likeness (QED) is 0.453. The van der Waals surface area contributed by atoms with Gasteiger partial charge in [-0.15, -0.1) is 0 Å². The molecule has 0 aromatic heterocycles. The van der Waals surface area contributed by atoms with Gasteiger partial charge in [-0.3, -0.25) is 10.2 Å². The van der Waals surface area contributed by atoms with E-state index in [1.54, 1.807) is 0 Å². The Kier molecular flexibility index (Phi) is 4.12. The van der Waals surface area contributed by atoms with Gasteiger partial charge in [-0.25, -0.2) is 5.84 Å². The molecule has 1 aliphatic rings. The van der Waals surface area contributed by atoms with E-state index in [1.165, 1.54) is 11.1 Å². The number of nitrogens with two attached hydrogens (primary N) is 1. The van der Waals surface area contributed by atoms with Crippen LogP contribution in [0.3, 0.4) is 0 Å². The first-order chi connectivity index (χ1) is 8.29. The van der Waals surface area contributed by atoms with Crippen LogP contribution in [0.25, 0.3) is 0 Å². The van der Waals surface area contributed by atoms with Crippen LogP contribution in [-0.2, 0) is 17.6 Å². The van der Waals surface area contributed by atoms with Crippen LogP contribution in [0.2, 0.25) is 0 Å². The fourth-order valence-electron chi connectivity index (χ4n) is 2.27. The number of fused-ring (bicyclic) bond motifs is 1. The molecule has 0 saturated carbocycles. The number of rotatable bonds is 3. The molecule has 0 bridgehead atoms. The SMILES string of the molecule is NNC(=O)CCN1CCc2ccccc2CC1. The number of carbonyl (C=O) groups excluding carboxylic acids is 1. The second-order valence-corrected chi connectivity index (χ2v) is 4.43. The van der Waals surface area contributed by atoms with Gasteiger partial charge in [-0.1, -0.05) is 24.3 Å². The molecule has 0 radical (unpaired) electrons. The van der Waals surface area contributed by atoms with Crippen LogP contribution in [0.15, 0.2) is 24.3 Å². The number of benzene rings is 1. The van der Waals surface area contributed by atoms with Crippen molar-refractivity contribution in [1.29, 1.82) is 0 Å². The highest BCUT2D eigenvalue weighted by Crippen LogP contribution is 2.15. The fourth-order valence-corrected chi connectivity index (χ4v) is 2.27. The van der Waals surface area contributed by atoms with Gasteiger partial charge < -0.3 is 4.90 Å². The molecule has 1 aliphatic heterocycles. The van der Waals surface area contributed by atoms with E-state index in [2.05, 4.69) is 34.6 Å². The van der Waals surface area contributed by atoms with Gasteiger partial charge in [0, 0.05) is 26.1 Å². The highest BCUT2D eigenvalue weighted by Gasteiger charge is 2.13. The summed E-state index contributed by atoms with van der Waals surface area (Å²) in [4.78, 5) is 13.4. The summed E-state index contributed by atoms with van der Waals surface area (Å²) in [5.41, 5.74) is 5.06. The third kappa shape index (κ3) is 3.28. The van der Waals surface area contributed by atoms with E-state index >= 15 is 0 Å². The molecule has 0 spiro atoms. The van der Waals surface area contributed by atoms with E-state index < -0.39 is 0 Å². The Balaban J connectivity index is 1.88. The lowest BCUT2D eigenvalue weighted by molar-refractivity contribution is -0.121. The molecule has 4 nitrogen and oxygen atoms in total. The van der Waals surface area contributed by atoms with Gasteiger partial charge in [0.15, 0.2) is 0 Å². The highest BCUT2D eigenvalue weighted by molar-refractivity contribution is 5.75. The van der Waals surface area contributed by atoms with Gasteiger partial charge in [-0.2, -0.15) is 0 Å². The molecule has 1 aromatic carbocycles. The third-order valence-corrected chi connectivity index (χ3v) is 3.33. The molecule has 4 heteroatoms. The summed E-state index contributed by atoms with van der Waals surface area (Å²) in [6, 6.07) is 8.59. The lowest BCUT2D eigenvalue weighted by atomic mass is 10.0. The Morgan fingerprint density at radius 1 is 1.24 bits per heavy atom. The predicted octanol–water partition coefficient (Wildman–Crippen LogP) is 0.467. The molecule has 1 aromatic rings. The summed E-state index contributed by atoms with van der Waals surface area (Å²) >= 11 is 0. The summed E-state index contributed by atoms with van der Waals surface area (Å²) in [6.07, 6.45) is 2.62. The van der Waals surface area contributed by atoms with E-state index in [0.29, 0.717) is 6.42 Å². The number of amides is 1. The zero-order chi connectivity index (χ0) is 12.1. The Morgan fingerprint density at radius 3 is 2.35 bits per heavy atom. The van der Waals surface area contributed by atoms with E-state index in [-0.39, 0.29) is 5.91 Å². The molecular weight excluding hydrogens is 214 g/mol. The number of nitrogens with one attached hydrogen (secondary N) is 1. The maximum absolute atomic E-state index is 11.1. The summed E-state index contributed by atoms with van der Waals surface area (Å²) < 4.78 is 0. The molecule has 2 rings (SSSR count). The van der Waals surface area contributed by atoms with E-state index in [0.717, 1.165) is 32.5 Å². The first-order valence-corrected chi connectivity index (χ1v) is 6.08. The number of hydrogen-bond donors (Lipinski definition) is 2. The minimum atomic E-state index is -0.0910. The van der Waals surface area contributed by atoms with Gasteiger partial charge in [-0.05, 0) is 24.0 Å². The second kappa shape index (κ2) is 5.80. The van der Waals surface area contributed by atoms with Crippen molar-refractivity contribution in [3.8, 4) is 0 Å². The van der Waals surface area contributed by atoms with Crippen LogP contribution >= 0.6 is 0 Å². The largest absolute Gasteiger partial charge is 0.302 e. The zero-order valence-corrected chi connectivity index (χ0v) is 9.98. The minimum Gasteiger partial charge on any atom is -0.302 e. The standard InChI is InChI=1S/C13H19N3O/c14-15-13(17)7-10-16-8-5-11-3-1-2-4-12(11)6-9-16/h1-4H,5-10,14H2,(H,15,17). The molecule has 0 atom stereocenters. The summed E-state index contributed by atoms with van der Waals surface area (Å²) in [5, 5.41) is 0. The molecule has 1 heterocycles. The van der Waals surface area contributed by atoms with Crippen molar-refractivity contribution in [1.82, 2.24) is 10.3 Å². The summed E-state index contributed by atoms with van der Waals surface area (Å²) in [7, 11) is 0. The van der Waals surface area contributed by atoms with Crippen LogP contribution < -0.4 is 11.3 Å². The number of nitrogens with zero attached hydrogens (tertiary/aromatic N) is 1. The Labute approximate surface area is 102 Å². The lowest BCUT2D eigenvalue weighted by Crippen LogP contribution is -2.35. The van der Waals surface area contributed by atoms with Gasteiger partial charge in [0.1, 0.15) is 0 Å². The number of hydrazine groups is 1. The van der Waals surface area contributed by atoms with Crippen LogP contribution in [-0.4, -0.2) is 30.4 Å². The van der Waals surface area contributed by atoms with E-state index in [4.69, 9.17) is 5.84 Å². The highest BCUT2D eigenvalue weighted by atomic mass is 16.2. The summed E-state index contributed by atoms with van der Waals surface area (Å²) in [6.45, 7) is 2.83. The molecule has 1 amide bonds. The number of carbonyl (C=O) groups is 1. The van der Waals surface area contributed by atoms with Gasteiger partial charge in [0.25, 0.3) is 0 Å². The van der Waals surface area contributed by atoms with Gasteiger partial charge >= 0.3 is 0 Å². The smallest absolute Gasteiger partial charge is 0.235 e. The molecule has 17 heavy (non-hydrogen) atoms. The molecular formula is C13H19N3O. The monoisotopic (exact) mass is 233 g/mol. The van der Waals surface area contributed by atoms with Crippen LogP contribution in [0.5, 0.6) is 0 Å². The lowest BCUT2D eigenvalue weighted by Gasteiger charge is -2.18. The third-order valence-electron chi connectivity index (χ3n) is 3.33. The molecule has 92 valence electrons. The van der Waals surface area contributed by atoms with Crippen molar-refractivity contribution >= 4 is 5.91 Å². The van der Waals surface area contributed by atoms with Crippen LogP contribution in [0.4, 0.5) is 0 Å².